The lowest BCUT2D eigenvalue weighted by atomic mass is 9.57. The summed E-state index contributed by atoms with van der Waals surface area (Å²) in [4.78, 5) is 0. The smallest absolute Gasteiger partial charge is 0.0295 e. The first kappa shape index (κ1) is 9.55. The fourth-order valence-electron chi connectivity index (χ4n) is 3.40. The lowest BCUT2D eigenvalue weighted by molar-refractivity contribution is 0.0201. The van der Waals surface area contributed by atoms with Gasteiger partial charge < -0.3 is 0 Å². The Morgan fingerprint density at radius 3 is 2.23 bits per heavy atom. The minimum Gasteiger partial charge on any atom is -0.0625 e. The number of hydrogen-bond acceptors (Lipinski definition) is 0. The van der Waals surface area contributed by atoms with Crippen LogP contribution in [0.15, 0.2) is 0 Å². The fraction of sp³-hybridized carbons (Fsp3) is 1.00. The summed E-state index contributed by atoms with van der Waals surface area (Å²) in [5.41, 5.74) is 0.710. The average molecular weight is 180 g/mol. The topological polar surface area (TPSA) is 0 Å². The van der Waals surface area contributed by atoms with E-state index in [1.165, 1.54) is 25.7 Å². The standard InChI is InChI=1S/C13H24/c1-9-7-13(4,8-9)11(3)6-12-5-10(12)2/h9-12H,5-8H2,1-4H3. The molecule has 0 N–H and O–H groups in total. The first-order valence-corrected chi connectivity index (χ1v) is 6.01. The Balaban J connectivity index is 1.80. The highest BCUT2D eigenvalue weighted by Crippen LogP contribution is 2.54. The van der Waals surface area contributed by atoms with E-state index >= 15 is 0 Å². The quantitative estimate of drug-likeness (QED) is 0.613. The first-order valence-electron chi connectivity index (χ1n) is 6.01. The van der Waals surface area contributed by atoms with E-state index in [9.17, 15) is 0 Å². The molecule has 0 heteroatoms. The lowest BCUT2D eigenvalue weighted by Crippen LogP contribution is -2.38. The summed E-state index contributed by atoms with van der Waals surface area (Å²) in [6.07, 6.45) is 5.98. The summed E-state index contributed by atoms with van der Waals surface area (Å²) < 4.78 is 0. The van der Waals surface area contributed by atoms with Gasteiger partial charge in [0.05, 0.1) is 0 Å². The Kier molecular flexibility index (Phi) is 2.20. The van der Waals surface area contributed by atoms with Crippen molar-refractivity contribution in [1.29, 1.82) is 0 Å². The van der Waals surface area contributed by atoms with Crippen molar-refractivity contribution >= 4 is 0 Å². The summed E-state index contributed by atoms with van der Waals surface area (Å²) in [7, 11) is 0. The second-order valence-electron chi connectivity index (χ2n) is 6.28. The maximum atomic E-state index is 2.50. The second kappa shape index (κ2) is 3.00. The van der Waals surface area contributed by atoms with Crippen LogP contribution in [0, 0.1) is 29.1 Å². The molecular weight excluding hydrogens is 156 g/mol. The van der Waals surface area contributed by atoms with Crippen LogP contribution in [0.1, 0.15) is 53.4 Å². The van der Waals surface area contributed by atoms with Gasteiger partial charge in [-0.25, -0.2) is 0 Å². The molecule has 3 unspecified atom stereocenters. The Labute approximate surface area is 83.1 Å². The summed E-state index contributed by atoms with van der Waals surface area (Å²) >= 11 is 0. The minimum atomic E-state index is 0.710. The van der Waals surface area contributed by atoms with Crippen molar-refractivity contribution in [3.8, 4) is 0 Å². The van der Waals surface area contributed by atoms with Crippen molar-refractivity contribution in [3.05, 3.63) is 0 Å². The molecule has 0 nitrogen and oxygen atoms in total. The van der Waals surface area contributed by atoms with Crippen LogP contribution in [-0.4, -0.2) is 0 Å². The molecular formula is C13H24. The summed E-state index contributed by atoms with van der Waals surface area (Å²) in [5.74, 6) is 4.11. The maximum absolute atomic E-state index is 2.50. The predicted molar refractivity (Wildman–Crippen MR) is 57.6 cm³/mol. The molecule has 76 valence electrons. The molecule has 0 radical (unpaired) electrons. The van der Waals surface area contributed by atoms with Gasteiger partial charge in [-0.1, -0.05) is 27.7 Å². The van der Waals surface area contributed by atoms with Crippen LogP contribution < -0.4 is 0 Å². The Morgan fingerprint density at radius 1 is 1.31 bits per heavy atom. The van der Waals surface area contributed by atoms with Crippen molar-refractivity contribution in [2.75, 3.05) is 0 Å². The van der Waals surface area contributed by atoms with Gasteiger partial charge in [-0.15, -0.1) is 0 Å². The van der Waals surface area contributed by atoms with Crippen molar-refractivity contribution in [1.82, 2.24) is 0 Å². The van der Waals surface area contributed by atoms with Gasteiger partial charge in [-0.05, 0) is 54.8 Å². The molecule has 0 aliphatic heterocycles. The third kappa shape index (κ3) is 1.78. The van der Waals surface area contributed by atoms with E-state index in [0.717, 1.165) is 23.7 Å². The summed E-state index contributed by atoms with van der Waals surface area (Å²) in [6.45, 7) is 9.79. The molecule has 0 amide bonds. The van der Waals surface area contributed by atoms with Gasteiger partial charge in [0.1, 0.15) is 0 Å². The van der Waals surface area contributed by atoms with Crippen molar-refractivity contribution in [3.63, 3.8) is 0 Å². The largest absolute Gasteiger partial charge is 0.0625 e. The maximum Gasteiger partial charge on any atom is -0.0295 e. The fourth-order valence-corrected chi connectivity index (χ4v) is 3.40. The summed E-state index contributed by atoms with van der Waals surface area (Å²) in [6, 6.07) is 0. The molecule has 2 rings (SSSR count). The van der Waals surface area contributed by atoms with Crippen LogP contribution in [0.4, 0.5) is 0 Å². The van der Waals surface area contributed by atoms with Gasteiger partial charge in [0.2, 0.25) is 0 Å². The van der Waals surface area contributed by atoms with E-state index in [0.29, 0.717) is 5.41 Å². The third-order valence-corrected chi connectivity index (χ3v) is 4.75. The van der Waals surface area contributed by atoms with Crippen molar-refractivity contribution in [2.45, 2.75) is 53.4 Å². The third-order valence-electron chi connectivity index (χ3n) is 4.75. The lowest BCUT2D eigenvalue weighted by Gasteiger charge is -2.48. The molecule has 13 heavy (non-hydrogen) atoms. The van der Waals surface area contributed by atoms with Gasteiger partial charge in [-0.2, -0.15) is 0 Å². The van der Waals surface area contributed by atoms with Crippen LogP contribution in [0.25, 0.3) is 0 Å². The Hall–Kier alpha value is 0. The van der Waals surface area contributed by atoms with Crippen molar-refractivity contribution in [2.24, 2.45) is 29.1 Å². The number of hydrogen-bond donors (Lipinski definition) is 0. The Morgan fingerprint density at radius 2 is 1.85 bits per heavy atom. The van der Waals surface area contributed by atoms with Gasteiger partial charge >= 0.3 is 0 Å². The molecule has 0 aromatic carbocycles. The molecule has 0 aromatic heterocycles. The molecule has 3 atom stereocenters. The van der Waals surface area contributed by atoms with Gasteiger partial charge in [0, 0.05) is 0 Å². The second-order valence-corrected chi connectivity index (χ2v) is 6.28. The zero-order chi connectivity index (χ0) is 9.64. The highest BCUT2D eigenvalue weighted by Gasteiger charge is 2.44. The molecule has 2 fully saturated rings. The van der Waals surface area contributed by atoms with E-state index < -0.39 is 0 Å². The summed E-state index contributed by atoms with van der Waals surface area (Å²) in [5, 5.41) is 0. The van der Waals surface area contributed by atoms with Crippen LogP contribution in [0.2, 0.25) is 0 Å². The number of rotatable bonds is 3. The predicted octanol–water partition coefficient (Wildman–Crippen LogP) is 4.10. The van der Waals surface area contributed by atoms with E-state index in [1.807, 2.05) is 0 Å². The average Bonchev–Trinajstić information content (AvgIpc) is 2.63. The van der Waals surface area contributed by atoms with Crippen LogP contribution in [-0.2, 0) is 0 Å². The monoisotopic (exact) mass is 180 g/mol. The van der Waals surface area contributed by atoms with Crippen LogP contribution >= 0.6 is 0 Å². The molecule has 0 heterocycles. The highest BCUT2D eigenvalue weighted by molar-refractivity contribution is 4.95. The van der Waals surface area contributed by atoms with Gasteiger partial charge in [0.15, 0.2) is 0 Å². The zero-order valence-electron chi connectivity index (χ0n) is 9.64. The molecule has 2 aliphatic carbocycles. The van der Waals surface area contributed by atoms with E-state index in [1.54, 1.807) is 0 Å². The first-order chi connectivity index (χ1) is 6.01. The minimum absolute atomic E-state index is 0.710. The van der Waals surface area contributed by atoms with Crippen LogP contribution in [0.5, 0.6) is 0 Å². The molecule has 0 aromatic rings. The Bertz CT molecular complexity index is 188. The van der Waals surface area contributed by atoms with E-state index in [2.05, 4.69) is 27.7 Å². The highest BCUT2D eigenvalue weighted by atomic mass is 14.5. The van der Waals surface area contributed by atoms with Gasteiger partial charge in [-0.3, -0.25) is 0 Å². The van der Waals surface area contributed by atoms with Crippen LogP contribution in [0.3, 0.4) is 0 Å². The molecule has 0 bridgehead atoms. The zero-order valence-corrected chi connectivity index (χ0v) is 9.64. The molecule has 0 saturated heterocycles. The normalized spacial score (nSPS) is 51.2. The van der Waals surface area contributed by atoms with E-state index in [-0.39, 0.29) is 0 Å². The molecule has 0 spiro atoms. The van der Waals surface area contributed by atoms with Crippen molar-refractivity contribution < 1.29 is 0 Å². The SMILES string of the molecule is CC1CC(C)(C(C)CC2CC2C)C1. The molecule has 2 aliphatic rings. The molecule has 2 saturated carbocycles. The van der Waals surface area contributed by atoms with Gasteiger partial charge in [0.25, 0.3) is 0 Å². The van der Waals surface area contributed by atoms with E-state index in [4.69, 9.17) is 0 Å².